The lowest BCUT2D eigenvalue weighted by Crippen LogP contribution is -2.31. The van der Waals surface area contributed by atoms with E-state index < -0.39 is 11.2 Å². The number of nitrogens with one attached hydrogen (secondary N) is 1. The zero-order valence-electron chi connectivity index (χ0n) is 10.4. The highest BCUT2D eigenvalue weighted by Crippen LogP contribution is 2.43. The first-order valence-electron chi connectivity index (χ1n) is 6.19. The number of nitrogens with zero attached hydrogens (tertiary/aromatic N) is 1. The third-order valence-electron chi connectivity index (χ3n) is 3.66. The summed E-state index contributed by atoms with van der Waals surface area (Å²) in [6.07, 6.45) is -0.938. The Morgan fingerprint density at radius 1 is 1.44 bits per heavy atom. The summed E-state index contributed by atoms with van der Waals surface area (Å²) in [4.78, 5) is 4.28. The summed E-state index contributed by atoms with van der Waals surface area (Å²) in [6.45, 7) is 5.06. The second-order valence-electron chi connectivity index (χ2n) is 4.77. The first-order chi connectivity index (χ1) is 8.43. The van der Waals surface area contributed by atoms with Gasteiger partial charge in [-0.2, -0.15) is 13.2 Å². The molecule has 0 saturated heterocycles. The number of aromatic nitrogens is 1. The Kier molecular flexibility index (Phi) is 3.96. The fourth-order valence-corrected chi connectivity index (χ4v) is 3.74. The molecule has 1 aliphatic carbocycles. The van der Waals surface area contributed by atoms with Crippen molar-refractivity contribution in [3.8, 4) is 0 Å². The molecule has 3 atom stereocenters. The molecule has 1 N–H and O–H groups in total. The number of hydrogen-bond acceptors (Lipinski definition) is 3. The fraction of sp³-hybridized carbons (Fsp3) is 0.750. The molecular weight excluding hydrogens is 261 g/mol. The Bertz CT molecular complexity index is 402. The molecule has 0 bridgehead atoms. The van der Waals surface area contributed by atoms with Crippen LogP contribution in [0.4, 0.5) is 13.2 Å². The van der Waals surface area contributed by atoms with Crippen molar-refractivity contribution in [2.45, 2.75) is 44.8 Å². The second kappa shape index (κ2) is 5.17. The summed E-state index contributed by atoms with van der Waals surface area (Å²) in [5.74, 6) is 0.578. The predicted molar refractivity (Wildman–Crippen MR) is 65.7 cm³/mol. The quantitative estimate of drug-likeness (QED) is 0.912. The summed E-state index contributed by atoms with van der Waals surface area (Å²) < 4.78 is 37.6. The Balaban J connectivity index is 2.11. The van der Waals surface area contributed by atoms with Gasteiger partial charge in [0.05, 0.1) is 0 Å². The van der Waals surface area contributed by atoms with Crippen LogP contribution in [0.25, 0.3) is 0 Å². The number of alkyl halides is 3. The molecule has 1 aromatic heterocycles. The van der Waals surface area contributed by atoms with Crippen molar-refractivity contribution in [2.24, 2.45) is 5.92 Å². The van der Waals surface area contributed by atoms with Crippen molar-refractivity contribution in [1.82, 2.24) is 10.3 Å². The molecule has 1 aliphatic rings. The molecule has 0 spiro atoms. The molecule has 18 heavy (non-hydrogen) atoms. The van der Waals surface area contributed by atoms with E-state index in [9.17, 15) is 13.2 Å². The number of rotatable bonds is 3. The normalized spacial score (nSPS) is 28.8. The van der Waals surface area contributed by atoms with Crippen molar-refractivity contribution < 1.29 is 13.2 Å². The van der Waals surface area contributed by atoms with Crippen LogP contribution in [0.5, 0.6) is 0 Å². The van der Waals surface area contributed by atoms with E-state index >= 15 is 0 Å². The van der Waals surface area contributed by atoms with E-state index in [1.54, 1.807) is 0 Å². The van der Waals surface area contributed by atoms with Gasteiger partial charge < -0.3 is 5.32 Å². The largest absolute Gasteiger partial charge is 0.443 e. The lowest BCUT2D eigenvalue weighted by atomic mass is 9.95. The molecule has 2 rings (SSSR count). The maximum absolute atomic E-state index is 12.5. The molecule has 0 aromatic carbocycles. The predicted octanol–water partition coefficient (Wildman–Crippen LogP) is 3.65. The maximum atomic E-state index is 12.5. The van der Waals surface area contributed by atoms with Gasteiger partial charge in [0.15, 0.2) is 5.01 Å². The van der Waals surface area contributed by atoms with E-state index in [4.69, 9.17) is 0 Å². The Hall–Kier alpha value is -0.620. The van der Waals surface area contributed by atoms with Gasteiger partial charge in [0.1, 0.15) is 0 Å². The highest BCUT2D eigenvalue weighted by atomic mass is 32.1. The van der Waals surface area contributed by atoms with Crippen LogP contribution in [0.3, 0.4) is 0 Å². The monoisotopic (exact) mass is 278 g/mol. The topological polar surface area (TPSA) is 24.9 Å². The van der Waals surface area contributed by atoms with Gasteiger partial charge in [0.25, 0.3) is 0 Å². The molecule has 3 unspecified atom stereocenters. The van der Waals surface area contributed by atoms with Crippen LogP contribution in [0, 0.1) is 5.92 Å². The van der Waals surface area contributed by atoms with Crippen LogP contribution in [0.1, 0.15) is 42.5 Å². The molecule has 6 heteroatoms. The molecular formula is C12H17F3N2S. The van der Waals surface area contributed by atoms with Crippen LogP contribution in [-0.2, 0) is 6.18 Å². The molecule has 1 heterocycles. The van der Waals surface area contributed by atoms with E-state index in [0.29, 0.717) is 12.0 Å². The molecule has 1 fully saturated rings. The molecule has 0 radical (unpaired) electrons. The lowest BCUT2D eigenvalue weighted by Gasteiger charge is -2.20. The minimum absolute atomic E-state index is 0.211. The lowest BCUT2D eigenvalue weighted by molar-refractivity contribution is -0.137. The van der Waals surface area contributed by atoms with E-state index in [0.717, 1.165) is 35.6 Å². The van der Waals surface area contributed by atoms with E-state index in [1.165, 1.54) is 6.20 Å². The van der Waals surface area contributed by atoms with Gasteiger partial charge >= 0.3 is 6.18 Å². The fourth-order valence-electron chi connectivity index (χ4n) is 2.71. The highest BCUT2D eigenvalue weighted by Gasteiger charge is 2.38. The minimum atomic E-state index is -4.31. The standard InChI is InChI=1S/C12H17F3N2S/c1-3-16-9-5-4-8(7(9)2)10-6-17-11(18-10)12(13,14)15/h6-9,16H,3-5H2,1-2H3. The summed E-state index contributed by atoms with van der Waals surface area (Å²) in [5.41, 5.74) is 0. The van der Waals surface area contributed by atoms with Crippen molar-refractivity contribution in [2.75, 3.05) is 6.54 Å². The van der Waals surface area contributed by atoms with Crippen LogP contribution in [0.15, 0.2) is 6.20 Å². The van der Waals surface area contributed by atoms with Crippen LogP contribution in [-0.4, -0.2) is 17.6 Å². The molecule has 2 nitrogen and oxygen atoms in total. The van der Waals surface area contributed by atoms with Gasteiger partial charge in [0, 0.05) is 17.1 Å². The van der Waals surface area contributed by atoms with Crippen LogP contribution < -0.4 is 5.32 Å². The van der Waals surface area contributed by atoms with Crippen molar-refractivity contribution in [3.63, 3.8) is 0 Å². The van der Waals surface area contributed by atoms with Crippen molar-refractivity contribution >= 4 is 11.3 Å². The maximum Gasteiger partial charge on any atom is 0.443 e. The van der Waals surface area contributed by atoms with Crippen LogP contribution in [0.2, 0.25) is 0 Å². The first-order valence-corrected chi connectivity index (χ1v) is 7.01. The third kappa shape index (κ3) is 2.69. The number of halogens is 3. The zero-order valence-corrected chi connectivity index (χ0v) is 11.2. The van der Waals surface area contributed by atoms with Gasteiger partial charge in [-0.3, -0.25) is 0 Å². The Morgan fingerprint density at radius 2 is 2.17 bits per heavy atom. The van der Waals surface area contributed by atoms with Gasteiger partial charge in [-0.25, -0.2) is 4.98 Å². The zero-order chi connectivity index (χ0) is 13.3. The van der Waals surface area contributed by atoms with Crippen molar-refractivity contribution in [3.05, 3.63) is 16.1 Å². The SMILES string of the molecule is CCNC1CCC(c2cnc(C(F)(F)F)s2)C1C. The smallest absolute Gasteiger partial charge is 0.314 e. The summed E-state index contributed by atoms with van der Waals surface area (Å²) in [5, 5.41) is 2.67. The first kappa shape index (κ1) is 13.8. The average Bonchev–Trinajstić information content (AvgIpc) is 2.86. The summed E-state index contributed by atoms with van der Waals surface area (Å²) >= 11 is 0.797. The average molecular weight is 278 g/mol. The summed E-state index contributed by atoms with van der Waals surface area (Å²) in [7, 11) is 0. The molecule has 102 valence electrons. The van der Waals surface area contributed by atoms with Crippen LogP contribution >= 0.6 is 11.3 Å². The molecule has 1 saturated carbocycles. The summed E-state index contributed by atoms with van der Waals surface area (Å²) in [6, 6.07) is 0.413. The number of hydrogen-bond donors (Lipinski definition) is 1. The van der Waals surface area contributed by atoms with E-state index in [-0.39, 0.29) is 5.92 Å². The van der Waals surface area contributed by atoms with Gasteiger partial charge in [-0.15, -0.1) is 11.3 Å². The van der Waals surface area contributed by atoms with E-state index in [2.05, 4.69) is 24.1 Å². The van der Waals surface area contributed by atoms with E-state index in [1.807, 2.05) is 0 Å². The minimum Gasteiger partial charge on any atom is -0.314 e. The second-order valence-corrected chi connectivity index (χ2v) is 5.83. The number of thiazole rings is 1. The molecule has 1 aromatic rings. The van der Waals surface area contributed by atoms with Gasteiger partial charge in [-0.1, -0.05) is 13.8 Å². The van der Waals surface area contributed by atoms with Gasteiger partial charge in [-0.05, 0) is 31.2 Å². The molecule has 0 aliphatic heterocycles. The Labute approximate surface area is 109 Å². The highest BCUT2D eigenvalue weighted by molar-refractivity contribution is 7.11. The Morgan fingerprint density at radius 3 is 2.72 bits per heavy atom. The van der Waals surface area contributed by atoms with Crippen molar-refractivity contribution in [1.29, 1.82) is 0 Å². The molecule has 0 amide bonds. The van der Waals surface area contributed by atoms with Gasteiger partial charge in [0.2, 0.25) is 0 Å². The third-order valence-corrected chi connectivity index (χ3v) is 4.83.